The summed E-state index contributed by atoms with van der Waals surface area (Å²) in [6.07, 6.45) is 3.73. The molecule has 0 amide bonds. The Hall–Kier alpha value is -3.40. The molecule has 0 aliphatic carbocycles. The summed E-state index contributed by atoms with van der Waals surface area (Å²) >= 11 is 5.98. The van der Waals surface area contributed by atoms with Crippen LogP contribution in [0.15, 0.2) is 40.3 Å². The minimum Gasteiger partial charge on any atom is -0.494 e. The maximum atomic E-state index is 13.9. The van der Waals surface area contributed by atoms with E-state index < -0.39 is 23.4 Å². The van der Waals surface area contributed by atoms with Crippen LogP contribution in [0, 0.1) is 17.5 Å². The van der Waals surface area contributed by atoms with Gasteiger partial charge in [0.05, 0.1) is 13.3 Å². The Bertz CT molecular complexity index is 1250. The lowest BCUT2D eigenvalue weighted by molar-refractivity contribution is 0.416. The number of aromatic nitrogens is 3. The number of benzene rings is 2. The Morgan fingerprint density at radius 3 is 2.71 bits per heavy atom. The van der Waals surface area contributed by atoms with E-state index in [1.165, 1.54) is 13.3 Å². The number of anilines is 2. The molecule has 1 unspecified atom stereocenters. The minimum atomic E-state index is -1.48. The fourth-order valence-electron chi connectivity index (χ4n) is 3.97. The molecule has 7 nitrogen and oxygen atoms in total. The first-order valence-electron chi connectivity index (χ1n) is 11.2. The molecule has 4 rings (SSSR count). The van der Waals surface area contributed by atoms with Crippen LogP contribution in [-0.4, -0.2) is 39.8 Å². The number of hydrogen-bond donors (Lipinski definition) is 1. The van der Waals surface area contributed by atoms with E-state index >= 15 is 0 Å². The lowest BCUT2D eigenvalue weighted by Crippen LogP contribution is -2.09. The van der Waals surface area contributed by atoms with Crippen molar-refractivity contribution < 1.29 is 17.9 Å². The van der Waals surface area contributed by atoms with Crippen molar-refractivity contribution in [2.75, 3.05) is 19.0 Å². The SMILES string of the molecule is CCN=C(Cl)C=Nc1ccc(Nc2nc3n(n2)CCCCC3c2cc(F)c(F)c(F)c2)cc1OC. The summed E-state index contributed by atoms with van der Waals surface area (Å²) in [5, 5.41) is 7.96. The van der Waals surface area contributed by atoms with Gasteiger partial charge in [0.1, 0.15) is 22.4 Å². The molecule has 1 aromatic heterocycles. The average molecular weight is 505 g/mol. The standard InChI is InChI=1S/C24H24ClF3N6O/c1-3-29-21(25)13-30-19-8-7-15(12-20(19)35-2)31-24-32-23-16(6-4-5-9-34(23)33-24)14-10-17(26)22(28)18(27)11-14/h7-8,10-13,16H,3-6,9H2,1-2H3,(H,31,33). The lowest BCUT2D eigenvalue weighted by Gasteiger charge is -2.14. The number of ether oxygens (including phenoxy) is 1. The Morgan fingerprint density at radius 2 is 2.00 bits per heavy atom. The Kier molecular flexibility index (Phi) is 7.70. The third-order valence-electron chi connectivity index (χ3n) is 5.59. The summed E-state index contributed by atoms with van der Waals surface area (Å²) < 4.78 is 48.5. The molecule has 1 N–H and O–H groups in total. The summed E-state index contributed by atoms with van der Waals surface area (Å²) in [7, 11) is 1.53. The topological polar surface area (TPSA) is 76.7 Å². The predicted molar refractivity (Wildman–Crippen MR) is 130 cm³/mol. The van der Waals surface area contributed by atoms with Gasteiger partial charge in [-0.3, -0.25) is 4.99 Å². The maximum absolute atomic E-state index is 13.9. The molecule has 2 aromatic carbocycles. The number of aliphatic imine (C=N–C) groups is 2. The van der Waals surface area contributed by atoms with E-state index in [0.29, 0.717) is 54.0 Å². The van der Waals surface area contributed by atoms with Gasteiger partial charge in [0.15, 0.2) is 17.5 Å². The van der Waals surface area contributed by atoms with Crippen molar-refractivity contribution in [3.63, 3.8) is 0 Å². The van der Waals surface area contributed by atoms with Crippen molar-refractivity contribution >= 4 is 40.3 Å². The van der Waals surface area contributed by atoms with Crippen LogP contribution in [0.25, 0.3) is 0 Å². The second kappa shape index (κ2) is 10.9. The second-order valence-electron chi connectivity index (χ2n) is 7.93. The van der Waals surface area contributed by atoms with Gasteiger partial charge in [-0.1, -0.05) is 18.0 Å². The molecule has 0 spiro atoms. The van der Waals surface area contributed by atoms with Crippen LogP contribution in [0.4, 0.5) is 30.5 Å². The highest BCUT2D eigenvalue weighted by Gasteiger charge is 2.26. The largest absolute Gasteiger partial charge is 0.494 e. The second-order valence-corrected chi connectivity index (χ2v) is 8.32. The molecule has 0 saturated heterocycles. The third-order valence-corrected chi connectivity index (χ3v) is 5.81. The highest BCUT2D eigenvalue weighted by atomic mass is 35.5. The monoisotopic (exact) mass is 504 g/mol. The summed E-state index contributed by atoms with van der Waals surface area (Å²) in [6, 6.07) is 7.34. The summed E-state index contributed by atoms with van der Waals surface area (Å²) in [5.41, 5.74) is 1.56. The van der Waals surface area contributed by atoms with Gasteiger partial charge in [-0.15, -0.1) is 5.10 Å². The van der Waals surface area contributed by atoms with Gasteiger partial charge < -0.3 is 10.1 Å². The van der Waals surface area contributed by atoms with Crippen molar-refractivity contribution in [2.45, 2.75) is 38.6 Å². The zero-order valence-electron chi connectivity index (χ0n) is 19.2. The number of rotatable bonds is 7. The smallest absolute Gasteiger partial charge is 0.246 e. The summed E-state index contributed by atoms with van der Waals surface area (Å²) in [5.74, 6) is -2.93. The van der Waals surface area contributed by atoms with Gasteiger partial charge >= 0.3 is 0 Å². The van der Waals surface area contributed by atoms with Crippen molar-refractivity contribution in [1.29, 1.82) is 0 Å². The molecule has 184 valence electrons. The Balaban J connectivity index is 1.60. The molecule has 2 heterocycles. The first kappa shape index (κ1) is 24.7. The molecule has 1 aliphatic rings. The normalized spacial score (nSPS) is 16.3. The first-order chi connectivity index (χ1) is 16.9. The van der Waals surface area contributed by atoms with Crippen LogP contribution in [0.1, 0.15) is 43.5 Å². The van der Waals surface area contributed by atoms with Crippen LogP contribution in [0.3, 0.4) is 0 Å². The molecule has 11 heteroatoms. The molecular weight excluding hydrogens is 481 g/mol. The van der Waals surface area contributed by atoms with E-state index in [2.05, 4.69) is 25.4 Å². The van der Waals surface area contributed by atoms with Gasteiger partial charge in [-0.25, -0.2) is 22.8 Å². The lowest BCUT2D eigenvalue weighted by atomic mass is 9.93. The van der Waals surface area contributed by atoms with Gasteiger partial charge in [-0.05, 0) is 49.6 Å². The van der Waals surface area contributed by atoms with Crippen molar-refractivity contribution in [2.24, 2.45) is 9.98 Å². The highest BCUT2D eigenvalue weighted by Crippen LogP contribution is 2.35. The number of hydrogen-bond acceptors (Lipinski definition) is 6. The van der Waals surface area contributed by atoms with E-state index in [0.717, 1.165) is 25.0 Å². The Morgan fingerprint density at radius 1 is 1.23 bits per heavy atom. The fraction of sp³-hybridized carbons (Fsp3) is 0.333. The average Bonchev–Trinajstić information content (AvgIpc) is 3.12. The number of aryl methyl sites for hydroxylation is 1. The van der Waals surface area contributed by atoms with E-state index in [1.54, 1.807) is 22.9 Å². The van der Waals surface area contributed by atoms with Gasteiger partial charge in [0.2, 0.25) is 5.95 Å². The highest BCUT2D eigenvalue weighted by molar-refractivity contribution is 6.80. The van der Waals surface area contributed by atoms with Crippen LogP contribution in [0.5, 0.6) is 5.75 Å². The molecule has 0 saturated carbocycles. The fourth-order valence-corrected chi connectivity index (χ4v) is 4.13. The molecule has 0 bridgehead atoms. The van der Waals surface area contributed by atoms with Crippen LogP contribution >= 0.6 is 11.6 Å². The van der Waals surface area contributed by atoms with Crippen molar-refractivity contribution in [3.05, 3.63) is 59.2 Å². The van der Waals surface area contributed by atoms with Crippen LogP contribution in [0.2, 0.25) is 0 Å². The molecule has 0 fully saturated rings. The molecule has 1 atom stereocenters. The Labute approximate surface area is 205 Å². The van der Waals surface area contributed by atoms with Crippen molar-refractivity contribution in [3.8, 4) is 5.75 Å². The number of halogens is 4. The number of fused-ring (bicyclic) bond motifs is 1. The number of nitrogens with one attached hydrogen (secondary N) is 1. The van der Waals surface area contributed by atoms with E-state index in [4.69, 9.17) is 16.3 Å². The number of nitrogens with zero attached hydrogens (tertiary/aromatic N) is 5. The summed E-state index contributed by atoms with van der Waals surface area (Å²) in [4.78, 5) is 13.0. The van der Waals surface area contributed by atoms with E-state index in [9.17, 15) is 13.2 Å². The van der Waals surface area contributed by atoms with Gasteiger partial charge in [-0.2, -0.15) is 4.98 Å². The van der Waals surface area contributed by atoms with Gasteiger partial charge in [0, 0.05) is 30.8 Å². The summed E-state index contributed by atoms with van der Waals surface area (Å²) in [6.45, 7) is 3.04. The minimum absolute atomic E-state index is 0.288. The zero-order valence-corrected chi connectivity index (χ0v) is 20.0. The van der Waals surface area contributed by atoms with E-state index in [1.807, 2.05) is 6.92 Å². The third kappa shape index (κ3) is 5.64. The molecular formula is C24H24ClF3N6O. The van der Waals surface area contributed by atoms with Gasteiger partial charge in [0.25, 0.3) is 0 Å². The van der Waals surface area contributed by atoms with Crippen LogP contribution < -0.4 is 10.1 Å². The predicted octanol–water partition coefficient (Wildman–Crippen LogP) is 6.12. The molecule has 3 aromatic rings. The zero-order chi connectivity index (χ0) is 24.9. The van der Waals surface area contributed by atoms with E-state index in [-0.39, 0.29) is 5.17 Å². The number of methoxy groups -OCH3 is 1. The quantitative estimate of drug-likeness (QED) is 0.310. The molecule has 1 aliphatic heterocycles. The maximum Gasteiger partial charge on any atom is 0.246 e. The van der Waals surface area contributed by atoms with Crippen molar-refractivity contribution in [1.82, 2.24) is 14.8 Å². The molecule has 35 heavy (non-hydrogen) atoms. The molecule has 0 radical (unpaired) electrons. The van der Waals surface area contributed by atoms with Crippen LogP contribution in [-0.2, 0) is 6.54 Å². The first-order valence-corrected chi connectivity index (χ1v) is 11.6.